The number of aliphatic imine (C=N–C) groups is 1. The van der Waals surface area contributed by atoms with Crippen LogP contribution < -0.4 is 0 Å². The topological polar surface area (TPSA) is 15.6 Å². The second kappa shape index (κ2) is 5.88. The Morgan fingerprint density at radius 3 is 2.65 bits per heavy atom. The van der Waals surface area contributed by atoms with Crippen molar-refractivity contribution in [2.75, 3.05) is 6.54 Å². The highest BCUT2D eigenvalue weighted by Gasteiger charge is 2.34. The van der Waals surface area contributed by atoms with E-state index in [-0.39, 0.29) is 0 Å². The van der Waals surface area contributed by atoms with Gasteiger partial charge in [-0.15, -0.1) is 0 Å². The van der Waals surface area contributed by atoms with Crippen LogP contribution in [-0.4, -0.2) is 29.4 Å². The second-order valence-electron chi connectivity index (χ2n) is 5.93. The third kappa shape index (κ3) is 3.02. The number of rotatable bonds is 2. The number of fused-ring (bicyclic) bond motifs is 1. The van der Waals surface area contributed by atoms with Crippen LogP contribution in [0.5, 0.6) is 0 Å². The largest absolute Gasteiger partial charge is 0.357 e. The van der Waals surface area contributed by atoms with Crippen LogP contribution in [0.4, 0.5) is 0 Å². The SMILES string of the molecule is CCN1C(=NC(C)C)CCC2CCCCCC21. The van der Waals surface area contributed by atoms with Crippen LogP contribution in [0.1, 0.15) is 65.7 Å². The van der Waals surface area contributed by atoms with Crippen LogP contribution in [0.15, 0.2) is 4.99 Å². The predicted octanol–water partition coefficient (Wildman–Crippen LogP) is 3.86. The quantitative estimate of drug-likeness (QED) is 0.711. The summed E-state index contributed by atoms with van der Waals surface area (Å²) in [5, 5.41) is 0. The normalized spacial score (nSPS) is 32.7. The van der Waals surface area contributed by atoms with Gasteiger partial charge in [0.05, 0.1) is 5.84 Å². The summed E-state index contributed by atoms with van der Waals surface area (Å²) in [6.45, 7) is 7.83. The van der Waals surface area contributed by atoms with Crippen molar-refractivity contribution in [2.45, 2.75) is 77.8 Å². The third-order valence-electron chi connectivity index (χ3n) is 4.34. The molecule has 2 fully saturated rings. The Bertz CT molecular complexity index is 270. The van der Waals surface area contributed by atoms with Gasteiger partial charge in [-0.2, -0.15) is 0 Å². The number of likely N-dealkylation sites (tertiary alicyclic amines) is 1. The van der Waals surface area contributed by atoms with Crippen LogP contribution in [0.2, 0.25) is 0 Å². The van der Waals surface area contributed by atoms with E-state index in [2.05, 4.69) is 25.7 Å². The van der Waals surface area contributed by atoms with E-state index in [4.69, 9.17) is 4.99 Å². The predicted molar refractivity (Wildman–Crippen MR) is 74.5 cm³/mol. The summed E-state index contributed by atoms with van der Waals surface area (Å²) in [7, 11) is 0. The van der Waals surface area contributed by atoms with Gasteiger partial charge < -0.3 is 4.90 Å². The highest BCUT2D eigenvalue weighted by Crippen LogP contribution is 2.35. The summed E-state index contributed by atoms with van der Waals surface area (Å²) < 4.78 is 0. The average Bonchev–Trinajstić information content (AvgIpc) is 2.53. The highest BCUT2D eigenvalue weighted by atomic mass is 15.2. The number of piperidine rings is 1. The number of nitrogens with zero attached hydrogens (tertiary/aromatic N) is 2. The molecule has 1 aliphatic heterocycles. The molecule has 0 radical (unpaired) electrons. The number of amidine groups is 1. The molecule has 1 saturated carbocycles. The van der Waals surface area contributed by atoms with E-state index < -0.39 is 0 Å². The zero-order valence-electron chi connectivity index (χ0n) is 11.8. The Morgan fingerprint density at radius 2 is 1.94 bits per heavy atom. The summed E-state index contributed by atoms with van der Waals surface area (Å²) in [6.07, 6.45) is 9.77. The van der Waals surface area contributed by atoms with Crippen molar-refractivity contribution < 1.29 is 0 Å². The lowest BCUT2D eigenvalue weighted by molar-refractivity contribution is 0.183. The minimum Gasteiger partial charge on any atom is -0.357 e. The molecule has 2 heteroatoms. The molecular formula is C15H28N2. The molecule has 1 saturated heterocycles. The summed E-state index contributed by atoms with van der Waals surface area (Å²) in [6, 6.07) is 1.25. The fraction of sp³-hybridized carbons (Fsp3) is 0.933. The van der Waals surface area contributed by atoms with Crippen molar-refractivity contribution >= 4 is 5.84 Å². The molecule has 0 spiro atoms. The summed E-state index contributed by atoms with van der Waals surface area (Å²) in [5.41, 5.74) is 0. The lowest BCUT2D eigenvalue weighted by Gasteiger charge is -2.42. The molecule has 2 unspecified atom stereocenters. The van der Waals surface area contributed by atoms with Crippen LogP contribution >= 0.6 is 0 Å². The number of hydrogen-bond donors (Lipinski definition) is 0. The Kier molecular flexibility index (Phi) is 4.47. The molecule has 0 amide bonds. The van der Waals surface area contributed by atoms with Crippen molar-refractivity contribution in [3.63, 3.8) is 0 Å². The van der Waals surface area contributed by atoms with Crippen molar-refractivity contribution in [1.29, 1.82) is 0 Å². The van der Waals surface area contributed by atoms with E-state index in [1.807, 2.05) is 0 Å². The lowest BCUT2D eigenvalue weighted by atomic mass is 9.85. The minimum absolute atomic E-state index is 0.446. The van der Waals surface area contributed by atoms with Crippen LogP contribution in [0, 0.1) is 5.92 Å². The van der Waals surface area contributed by atoms with E-state index >= 15 is 0 Å². The van der Waals surface area contributed by atoms with Gasteiger partial charge in [0.25, 0.3) is 0 Å². The third-order valence-corrected chi connectivity index (χ3v) is 4.34. The van der Waals surface area contributed by atoms with E-state index in [0.29, 0.717) is 6.04 Å². The van der Waals surface area contributed by atoms with Crippen LogP contribution in [0.25, 0.3) is 0 Å². The van der Waals surface area contributed by atoms with E-state index in [1.165, 1.54) is 50.8 Å². The zero-order valence-corrected chi connectivity index (χ0v) is 11.8. The van der Waals surface area contributed by atoms with Gasteiger partial charge >= 0.3 is 0 Å². The molecule has 0 aromatic heterocycles. The van der Waals surface area contributed by atoms with Gasteiger partial charge in [-0.05, 0) is 46.0 Å². The molecule has 0 N–H and O–H groups in total. The van der Waals surface area contributed by atoms with Gasteiger partial charge in [-0.1, -0.05) is 19.3 Å². The molecule has 2 aliphatic rings. The van der Waals surface area contributed by atoms with E-state index in [1.54, 1.807) is 0 Å². The lowest BCUT2D eigenvalue weighted by Crippen LogP contribution is -2.48. The molecule has 2 rings (SSSR count). The summed E-state index contributed by atoms with van der Waals surface area (Å²) in [4.78, 5) is 7.48. The first-order valence-corrected chi connectivity index (χ1v) is 7.55. The molecule has 2 atom stereocenters. The van der Waals surface area contributed by atoms with Crippen LogP contribution in [-0.2, 0) is 0 Å². The fourth-order valence-electron chi connectivity index (χ4n) is 3.62. The molecule has 2 nitrogen and oxygen atoms in total. The summed E-state index contributed by atoms with van der Waals surface area (Å²) >= 11 is 0. The first kappa shape index (κ1) is 12.9. The maximum atomic E-state index is 4.85. The van der Waals surface area contributed by atoms with Crippen molar-refractivity contribution in [3.05, 3.63) is 0 Å². The standard InChI is InChI=1S/C15H28N2/c1-4-17-14-9-7-5-6-8-13(14)10-11-15(17)16-12(2)3/h12-14H,4-11H2,1-3H3. The Balaban J connectivity index is 2.14. The van der Waals surface area contributed by atoms with Gasteiger partial charge in [0.2, 0.25) is 0 Å². The Hall–Kier alpha value is -0.530. The van der Waals surface area contributed by atoms with Gasteiger partial charge in [0.15, 0.2) is 0 Å². The van der Waals surface area contributed by atoms with E-state index in [0.717, 1.165) is 18.5 Å². The maximum absolute atomic E-state index is 4.85. The monoisotopic (exact) mass is 236 g/mol. The first-order chi connectivity index (χ1) is 8.22. The van der Waals surface area contributed by atoms with Crippen molar-refractivity contribution in [2.24, 2.45) is 10.9 Å². The average molecular weight is 236 g/mol. The molecule has 0 aromatic rings. The van der Waals surface area contributed by atoms with Gasteiger partial charge in [-0.25, -0.2) is 0 Å². The van der Waals surface area contributed by atoms with E-state index in [9.17, 15) is 0 Å². The van der Waals surface area contributed by atoms with Gasteiger partial charge in [-0.3, -0.25) is 4.99 Å². The Morgan fingerprint density at radius 1 is 1.18 bits per heavy atom. The highest BCUT2D eigenvalue weighted by molar-refractivity contribution is 5.83. The molecule has 0 bridgehead atoms. The first-order valence-electron chi connectivity index (χ1n) is 7.55. The van der Waals surface area contributed by atoms with Crippen LogP contribution in [0.3, 0.4) is 0 Å². The van der Waals surface area contributed by atoms with Gasteiger partial charge in [0, 0.05) is 25.0 Å². The van der Waals surface area contributed by atoms with Crippen molar-refractivity contribution in [1.82, 2.24) is 4.90 Å². The van der Waals surface area contributed by atoms with Crippen molar-refractivity contribution in [3.8, 4) is 0 Å². The Labute approximate surface area is 106 Å². The molecule has 0 aromatic carbocycles. The molecule has 1 heterocycles. The fourth-order valence-corrected chi connectivity index (χ4v) is 3.62. The maximum Gasteiger partial charge on any atom is 0.0994 e. The smallest absolute Gasteiger partial charge is 0.0994 e. The molecule has 98 valence electrons. The molecule has 17 heavy (non-hydrogen) atoms. The number of hydrogen-bond acceptors (Lipinski definition) is 1. The summed E-state index contributed by atoms with van der Waals surface area (Å²) in [5.74, 6) is 2.34. The minimum atomic E-state index is 0.446. The molecular weight excluding hydrogens is 208 g/mol. The van der Waals surface area contributed by atoms with Gasteiger partial charge in [0.1, 0.15) is 0 Å². The second-order valence-corrected chi connectivity index (χ2v) is 5.93. The zero-order chi connectivity index (χ0) is 12.3. The molecule has 1 aliphatic carbocycles.